The van der Waals surface area contributed by atoms with E-state index in [1.165, 1.54) is 0 Å². The maximum absolute atomic E-state index is 13.0. The molecule has 8 heteroatoms. The number of ether oxygens (including phenoxy) is 2. The Kier molecular flexibility index (Phi) is 5.84. The van der Waals surface area contributed by atoms with E-state index < -0.39 is 29.3 Å². The molecule has 1 saturated heterocycles. The molecule has 0 unspecified atom stereocenters. The summed E-state index contributed by atoms with van der Waals surface area (Å²) in [5.74, 6) is -4.65. The largest absolute Gasteiger partial charge is 0.348 e. The molecule has 1 heterocycles. The standard InChI is InChI=1S/C15H19F3N2O3/c1-15(22-6-7-23-15)3-5-20-14(21)19-4-2-10-8-11(16)13(18)12(17)9-10/h8-9H,2-7H2,1H3,(H2,19,20,21). The van der Waals surface area contributed by atoms with Crippen molar-refractivity contribution in [3.63, 3.8) is 0 Å². The molecule has 0 radical (unpaired) electrons. The van der Waals surface area contributed by atoms with Gasteiger partial charge in [-0.05, 0) is 31.0 Å². The zero-order chi connectivity index (χ0) is 16.9. The first-order valence-corrected chi connectivity index (χ1v) is 7.33. The van der Waals surface area contributed by atoms with Gasteiger partial charge >= 0.3 is 6.03 Å². The summed E-state index contributed by atoms with van der Waals surface area (Å²) in [6.45, 7) is 3.40. The summed E-state index contributed by atoms with van der Waals surface area (Å²) in [5.41, 5.74) is 0.266. The minimum atomic E-state index is -1.50. The van der Waals surface area contributed by atoms with Gasteiger partial charge in [0.15, 0.2) is 23.2 Å². The molecule has 5 nitrogen and oxygen atoms in total. The summed E-state index contributed by atoms with van der Waals surface area (Å²) >= 11 is 0. The maximum Gasteiger partial charge on any atom is 0.314 e. The molecule has 0 aliphatic carbocycles. The van der Waals surface area contributed by atoms with Gasteiger partial charge in [0.05, 0.1) is 13.2 Å². The molecule has 2 rings (SSSR count). The van der Waals surface area contributed by atoms with Crippen LogP contribution in [0.1, 0.15) is 18.9 Å². The molecule has 1 aromatic carbocycles. The molecule has 128 valence electrons. The van der Waals surface area contributed by atoms with Crippen LogP contribution >= 0.6 is 0 Å². The number of rotatable bonds is 6. The number of carbonyl (C=O) groups excluding carboxylic acids is 1. The van der Waals surface area contributed by atoms with Gasteiger partial charge in [-0.15, -0.1) is 0 Å². The van der Waals surface area contributed by atoms with Gasteiger partial charge < -0.3 is 20.1 Å². The maximum atomic E-state index is 13.0. The summed E-state index contributed by atoms with van der Waals surface area (Å²) in [5, 5.41) is 5.19. The zero-order valence-electron chi connectivity index (χ0n) is 12.8. The lowest BCUT2D eigenvalue weighted by Crippen LogP contribution is -2.40. The number of hydrogen-bond acceptors (Lipinski definition) is 3. The molecule has 1 aromatic rings. The van der Waals surface area contributed by atoms with Gasteiger partial charge in [0.1, 0.15) is 0 Å². The van der Waals surface area contributed by atoms with Crippen LogP contribution in [-0.2, 0) is 15.9 Å². The minimum Gasteiger partial charge on any atom is -0.348 e. The number of benzene rings is 1. The topological polar surface area (TPSA) is 59.6 Å². The van der Waals surface area contributed by atoms with E-state index in [-0.39, 0.29) is 18.5 Å². The second-order valence-electron chi connectivity index (χ2n) is 5.39. The predicted molar refractivity (Wildman–Crippen MR) is 76.3 cm³/mol. The summed E-state index contributed by atoms with van der Waals surface area (Å²) in [6, 6.07) is 1.41. The molecule has 2 N–H and O–H groups in total. The molecule has 0 spiro atoms. The number of carbonyl (C=O) groups is 1. The fraction of sp³-hybridized carbons (Fsp3) is 0.533. The van der Waals surface area contributed by atoms with E-state index in [0.29, 0.717) is 26.2 Å². The third-order valence-electron chi connectivity index (χ3n) is 3.51. The molecular weight excluding hydrogens is 313 g/mol. The smallest absolute Gasteiger partial charge is 0.314 e. The van der Waals surface area contributed by atoms with Crippen molar-refractivity contribution in [1.82, 2.24) is 10.6 Å². The van der Waals surface area contributed by atoms with Crippen molar-refractivity contribution in [3.05, 3.63) is 35.1 Å². The molecule has 0 bridgehead atoms. The normalized spacial score (nSPS) is 16.3. The Labute approximate surface area is 132 Å². The Balaban J connectivity index is 1.66. The van der Waals surface area contributed by atoms with Gasteiger partial charge in [-0.25, -0.2) is 18.0 Å². The summed E-state index contributed by atoms with van der Waals surface area (Å²) < 4.78 is 49.7. The Hall–Kier alpha value is -1.80. The lowest BCUT2D eigenvalue weighted by molar-refractivity contribution is -0.145. The highest BCUT2D eigenvalue weighted by molar-refractivity contribution is 5.73. The van der Waals surface area contributed by atoms with Crippen molar-refractivity contribution in [2.75, 3.05) is 26.3 Å². The molecular formula is C15H19F3N2O3. The number of urea groups is 1. The minimum absolute atomic E-state index is 0.167. The van der Waals surface area contributed by atoms with Crippen molar-refractivity contribution >= 4 is 6.03 Å². The highest BCUT2D eigenvalue weighted by atomic mass is 19.2. The van der Waals surface area contributed by atoms with Crippen molar-refractivity contribution < 1.29 is 27.4 Å². The van der Waals surface area contributed by atoms with Crippen LogP contribution in [0, 0.1) is 17.5 Å². The SMILES string of the molecule is CC1(CCNC(=O)NCCc2cc(F)c(F)c(F)c2)OCCO1. The van der Waals surface area contributed by atoms with Gasteiger partial charge in [0.2, 0.25) is 0 Å². The first kappa shape index (κ1) is 17.6. The summed E-state index contributed by atoms with van der Waals surface area (Å²) in [6.07, 6.45) is 0.695. The second-order valence-corrected chi connectivity index (χ2v) is 5.39. The van der Waals surface area contributed by atoms with Gasteiger partial charge in [0.25, 0.3) is 0 Å². The highest BCUT2D eigenvalue weighted by Crippen LogP contribution is 2.21. The Morgan fingerprint density at radius 3 is 2.30 bits per heavy atom. The molecule has 0 saturated carbocycles. The van der Waals surface area contributed by atoms with Crippen LogP contribution in [0.25, 0.3) is 0 Å². The summed E-state index contributed by atoms with van der Waals surface area (Å²) in [4.78, 5) is 11.6. The van der Waals surface area contributed by atoms with E-state index in [1.54, 1.807) is 6.92 Å². The van der Waals surface area contributed by atoms with E-state index >= 15 is 0 Å². The molecule has 1 fully saturated rings. The van der Waals surface area contributed by atoms with E-state index in [4.69, 9.17) is 9.47 Å². The lowest BCUT2D eigenvalue weighted by Gasteiger charge is -2.22. The number of amides is 2. The van der Waals surface area contributed by atoms with Crippen LogP contribution in [-0.4, -0.2) is 38.1 Å². The average molecular weight is 332 g/mol. The van der Waals surface area contributed by atoms with Crippen LogP contribution in [0.15, 0.2) is 12.1 Å². The zero-order valence-corrected chi connectivity index (χ0v) is 12.8. The summed E-state index contributed by atoms with van der Waals surface area (Å²) in [7, 11) is 0. The predicted octanol–water partition coefficient (Wildman–Crippen LogP) is 2.10. The number of hydrogen-bond donors (Lipinski definition) is 2. The van der Waals surface area contributed by atoms with Gasteiger partial charge in [-0.2, -0.15) is 0 Å². The van der Waals surface area contributed by atoms with E-state index in [1.807, 2.05) is 0 Å². The molecule has 0 atom stereocenters. The van der Waals surface area contributed by atoms with Gasteiger partial charge in [-0.3, -0.25) is 0 Å². The van der Waals surface area contributed by atoms with Crippen molar-refractivity contribution in [1.29, 1.82) is 0 Å². The Morgan fingerprint density at radius 2 is 1.70 bits per heavy atom. The molecule has 1 aliphatic heterocycles. The van der Waals surface area contributed by atoms with Crippen LogP contribution < -0.4 is 10.6 Å². The lowest BCUT2D eigenvalue weighted by atomic mass is 10.1. The van der Waals surface area contributed by atoms with E-state index in [2.05, 4.69) is 10.6 Å². The number of halogens is 3. The van der Waals surface area contributed by atoms with Crippen LogP contribution in [0.2, 0.25) is 0 Å². The van der Waals surface area contributed by atoms with Crippen molar-refractivity contribution in [2.24, 2.45) is 0 Å². The first-order valence-electron chi connectivity index (χ1n) is 7.33. The fourth-order valence-corrected chi connectivity index (χ4v) is 2.24. The molecule has 2 amide bonds. The van der Waals surface area contributed by atoms with Crippen LogP contribution in [0.3, 0.4) is 0 Å². The Morgan fingerprint density at radius 1 is 1.13 bits per heavy atom. The molecule has 0 aromatic heterocycles. The number of nitrogens with one attached hydrogen (secondary N) is 2. The van der Waals surface area contributed by atoms with E-state index in [9.17, 15) is 18.0 Å². The quantitative estimate of drug-likeness (QED) is 0.785. The molecule has 1 aliphatic rings. The van der Waals surface area contributed by atoms with Crippen LogP contribution in [0.5, 0.6) is 0 Å². The van der Waals surface area contributed by atoms with Crippen molar-refractivity contribution in [2.45, 2.75) is 25.6 Å². The third kappa shape index (κ3) is 5.11. The van der Waals surface area contributed by atoms with Crippen LogP contribution in [0.4, 0.5) is 18.0 Å². The highest BCUT2D eigenvalue weighted by Gasteiger charge is 2.30. The van der Waals surface area contributed by atoms with Crippen molar-refractivity contribution in [3.8, 4) is 0 Å². The first-order chi connectivity index (χ1) is 10.9. The monoisotopic (exact) mass is 332 g/mol. The third-order valence-corrected chi connectivity index (χ3v) is 3.51. The molecule has 23 heavy (non-hydrogen) atoms. The average Bonchev–Trinajstić information content (AvgIpc) is 2.91. The van der Waals surface area contributed by atoms with E-state index in [0.717, 1.165) is 12.1 Å². The Bertz CT molecular complexity index is 540. The second kappa shape index (κ2) is 7.65. The fourth-order valence-electron chi connectivity index (χ4n) is 2.24. The van der Waals surface area contributed by atoms with Gasteiger partial charge in [0, 0.05) is 19.5 Å². The van der Waals surface area contributed by atoms with Gasteiger partial charge in [-0.1, -0.05) is 0 Å².